The molecule has 1 saturated heterocycles. The molecule has 3 aromatic rings. The van der Waals surface area contributed by atoms with Gasteiger partial charge in [0.25, 0.3) is 5.56 Å². The number of hydrogen-bond acceptors (Lipinski definition) is 3. The number of likely N-dealkylation sites (tertiary alicyclic amines) is 1. The Morgan fingerprint density at radius 3 is 3.00 bits per heavy atom. The first-order valence-corrected chi connectivity index (χ1v) is 8.94. The van der Waals surface area contributed by atoms with E-state index in [1.807, 2.05) is 12.1 Å². The largest absolute Gasteiger partial charge is 0.353 e. The van der Waals surface area contributed by atoms with E-state index in [0.29, 0.717) is 18.2 Å². The van der Waals surface area contributed by atoms with Crippen LogP contribution in [0.3, 0.4) is 0 Å². The molecule has 24 heavy (non-hydrogen) atoms. The average molecular weight is 387 g/mol. The van der Waals surface area contributed by atoms with Crippen molar-refractivity contribution in [3.63, 3.8) is 0 Å². The molecular weight excluding hydrogens is 368 g/mol. The van der Waals surface area contributed by atoms with Crippen LogP contribution in [0.2, 0.25) is 0 Å². The van der Waals surface area contributed by atoms with E-state index >= 15 is 0 Å². The van der Waals surface area contributed by atoms with Gasteiger partial charge >= 0.3 is 0 Å². The predicted molar refractivity (Wildman–Crippen MR) is 97.0 cm³/mol. The second-order valence-electron chi connectivity index (χ2n) is 6.33. The molecule has 4 rings (SSSR count). The number of pyridine rings is 1. The highest BCUT2D eigenvalue weighted by Gasteiger charge is 2.27. The first-order valence-electron chi connectivity index (χ1n) is 8.15. The summed E-state index contributed by atoms with van der Waals surface area (Å²) in [5.74, 6) is 0. The standard InChI is InChI=1S/C18H19BrN4O/c1-21-8-2-4-15(21)16-5-3-9-22(16)12-14-10-18(24)23-11-13(19)6-7-17(23)20-14/h2,4,6-8,10-11,16H,3,5,9,12H2,1H3/t16-/m0/s1. The van der Waals surface area contributed by atoms with Crippen LogP contribution in [0.4, 0.5) is 0 Å². The number of fused-ring (bicyclic) bond motifs is 1. The van der Waals surface area contributed by atoms with E-state index in [1.165, 1.54) is 12.1 Å². The third kappa shape index (κ3) is 2.80. The first-order chi connectivity index (χ1) is 11.6. The molecule has 0 radical (unpaired) electrons. The molecule has 1 aliphatic rings. The second kappa shape index (κ2) is 6.18. The van der Waals surface area contributed by atoms with Gasteiger partial charge in [-0.05, 0) is 59.6 Å². The lowest BCUT2D eigenvalue weighted by molar-refractivity contribution is 0.238. The minimum absolute atomic E-state index is 0.0362. The molecule has 0 bridgehead atoms. The fourth-order valence-corrected chi connectivity index (χ4v) is 3.92. The molecule has 4 heterocycles. The first kappa shape index (κ1) is 15.6. The molecule has 0 saturated carbocycles. The van der Waals surface area contributed by atoms with Crippen LogP contribution >= 0.6 is 15.9 Å². The van der Waals surface area contributed by atoms with Crippen molar-refractivity contribution in [3.8, 4) is 0 Å². The third-order valence-corrected chi connectivity index (χ3v) is 5.20. The van der Waals surface area contributed by atoms with Crippen molar-refractivity contribution in [2.75, 3.05) is 6.54 Å². The number of aromatic nitrogens is 3. The van der Waals surface area contributed by atoms with E-state index in [-0.39, 0.29) is 5.56 Å². The summed E-state index contributed by atoms with van der Waals surface area (Å²) in [6, 6.07) is 10.1. The van der Waals surface area contributed by atoms with E-state index < -0.39 is 0 Å². The molecule has 0 unspecified atom stereocenters. The van der Waals surface area contributed by atoms with Crippen LogP contribution in [0.5, 0.6) is 0 Å². The summed E-state index contributed by atoms with van der Waals surface area (Å²) in [6.07, 6.45) is 6.17. The number of hydrogen-bond donors (Lipinski definition) is 0. The van der Waals surface area contributed by atoms with Crippen LogP contribution in [0.1, 0.15) is 30.3 Å². The van der Waals surface area contributed by atoms with Gasteiger partial charge in [-0.25, -0.2) is 4.98 Å². The van der Waals surface area contributed by atoms with E-state index in [1.54, 1.807) is 16.7 Å². The van der Waals surface area contributed by atoms with Crippen LogP contribution < -0.4 is 5.56 Å². The molecule has 0 aliphatic carbocycles. The SMILES string of the molecule is Cn1cccc1[C@@H]1CCCN1Cc1cc(=O)n2cc(Br)ccc2n1. The lowest BCUT2D eigenvalue weighted by Crippen LogP contribution is -2.26. The molecule has 3 aromatic heterocycles. The van der Waals surface area contributed by atoms with Gasteiger partial charge in [-0.15, -0.1) is 0 Å². The Labute approximate surface area is 148 Å². The molecule has 1 atom stereocenters. The summed E-state index contributed by atoms with van der Waals surface area (Å²) in [5, 5.41) is 0. The van der Waals surface area contributed by atoms with Crippen LogP contribution in [-0.4, -0.2) is 25.4 Å². The average Bonchev–Trinajstić information content (AvgIpc) is 3.16. The van der Waals surface area contributed by atoms with Crippen molar-refractivity contribution in [2.45, 2.75) is 25.4 Å². The Bertz CT molecular complexity index is 946. The van der Waals surface area contributed by atoms with Gasteiger partial charge < -0.3 is 4.57 Å². The molecule has 0 spiro atoms. The Balaban J connectivity index is 1.65. The van der Waals surface area contributed by atoms with Crippen molar-refractivity contribution >= 4 is 21.6 Å². The zero-order valence-electron chi connectivity index (χ0n) is 13.5. The zero-order chi connectivity index (χ0) is 16.7. The molecule has 0 N–H and O–H groups in total. The van der Waals surface area contributed by atoms with Crippen molar-refractivity contribution in [3.05, 3.63) is 68.9 Å². The maximum atomic E-state index is 12.4. The third-order valence-electron chi connectivity index (χ3n) is 4.73. The van der Waals surface area contributed by atoms with Gasteiger partial charge in [-0.2, -0.15) is 0 Å². The number of halogens is 1. The number of aryl methyl sites for hydroxylation is 1. The molecule has 0 aromatic carbocycles. The zero-order valence-corrected chi connectivity index (χ0v) is 15.1. The highest BCUT2D eigenvalue weighted by molar-refractivity contribution is 9.10. The van der Waals surface area contributed by atoms with E-state index in [2.05, 4.69) is 55.8 Å². The summed E-state index contributed by atoms with van der Waals surface area (Å²) >= 11 is 3.39. The maximum absolute atomic E-state index is 12.4. The van der Waals surface area contributed by atoms with E-state index in [4.69, 9.17) is 0 Å². The monoisotopic (exact) mass is 386 g/mol. The molecule has 1 fully saturated rings. The molecule has 5 nitrogen and oxygen atoms in total. The van der Waals surface area contributed by atoms with Gasteiger partial charge in [-0.1, -0.05) is 0 Å². The summed E-state index contributed by atoms with van der Waals surface area (Å²) in [4.78, 5) is 19.5. The smallest absolute Gasteiger partial charge is 0.258 e. The van der Waals surface area contributed by atoms with Gasteiger partial charge in [0, 0.05) is 42.2 Å². The lowest BCUT2D eigenvalue weighted by Gasteiger charge is -2.24. The Hall–Kier alpha value is -1.92. The van der Waals surface area contributed by atoms with Gasteiger partial charge in [0.1, 0.15) is 5.65 Å². The fraction of sp³-hybridized carbons (Fsp3) is 0.333. The van der Waals surface area contributed by atoms with Crippen molar-refractivity contribution < 1.29 is 0 Å². The minimum atomic E-state index is -0.0362. The van der Waals surface area contributed by atoms with E-state index in [9.17, 15) is 4.79 Å². The van der Waals surface area contributed by atoms with Crippen LogP contribution in [0.15, 0.2) is 52.0 Å². The van der Waals surface area contributed by atoms with Gasteiger partial charge in [0.2, 0.25) is 0 Å². The fourth-order valence-electron chi connectivity index (χ4n) is 3.59. The summed E-state index contributed by atoms with van der Waals surface area (Å²) in [5.41, 5.74) is 2.82. The summed E-state index contributed by atoms with van der Waals surface area (Å²) < 4.78 is 4.63. The van der Waals surface area contributed by atoms with Gasteiger partial charge in [-0.3, -0.25) is 14.1 Å². The quantitative estimate of drug-likeness (QED) is 0.694. The molecule has 1 aliphatic heterocycles. The highest BCUT2D eigenvalue weighted by atomic mass is 79.9. The molecule has 6 heteroatoms. The molecule has 0 amide bonds. The normalized spacial score (nSPS) is 18.5. The Morgan fingerprint density at radius 1 is 1.33 bits per heavy atom. The van der Waals surface area contributed by atoms with Gasteiger partial charge in [0.15, 0.2) is 0 Å². The van der Waals surface area contributed by atoms with Crippen molar-refractivity contribution in [1.82, 2.24) is 18.9 Å². The molecular formula is C18H19BrN4O. The Morgan fingerprint density at radius 2 is 2.21 bits per heavy atom. The predicted octanol–water partition coefficient (Wildman–Crippen LogP) is 3.13. The van der Waals surface area contributed by atoms with E-state index in [0.717, 1.165) is 23.1 Å². The van der Waals surface area contributed by atoms with Crippen LogP contribution in [0, 0.1) is 0 Å². The molecule has 124 valence electrons. The van der Waals surface area contributed by atoms with Crippen molar-refractivity contribution in [2.24, 2.45) is 7.05 Å². The second-order valence-corrected chi connectivity index (χ2v) is 7.25. The minimum Gasteiger partial charge on any atom is -0.353 e. The maximum Gasteiger partial charge on any atom is 0.258 e. The summed E-state index contributed by atoms with van der Waals surface area (Å²) in [7, 11) is 2.09. The number of rotatable bonds is 3. The van der Waals surface area contributed by atoms with Crippen LogP contribution in [-0.2, 0) is 13.6 Å². The lowest BCUT2D eigenvalue weighted by atomic mass is 10.1. The highest BCUT2D eigenvalue weighted by Crippen LogP contribution is 2.32. The Kier molecular flexibility index (Phi) is 4.02. The van der Waals surface area contributed by atoms with Crippen molar-refractivity contribution in [1.29, 1.82) is 0 Å². The van der Waals surface area contributed by atoms with Gasteiger partial charge in [0.05, 0.1) is 11.7 Å². The summed E-state index contributed by atoms with van der Waals surface area (Å²) in [6.45, 7) is 1.74. The number of nitrogens with zero attached hydrogens (tertiary/aromatic N) is 4. The topological polar surface area (TPSA) is 42.5 Å². The van der Waals surface area contributed by atoms with Crippen LogP contribution in [0.25, 0.3) is 5.65 Å².